The summed E-state index contributed by atoms with van der Waals surface area (Å²) >= 11 is 4.43. The molecule has 0 bridgehead atoms. The first kappa shape index (κ1) is 19.7. The zero-order chi connectivity index (χ0) is 19.4. The average Bonchev–Trinajstić information content (AvgIpc) is 2.92. The number of benzene rings is 2. The topological polar surface area (TPSA) is 46.6 Å². The second kappa shape index (κ2) is 8.76. The van der Waals surface area contributed by atoms with Gasteiger partial charge in [-0.15, -0.1) is 0 Å². The van der Waals surface area contributed by atoms with Crippen LogP contribution in [0.5, 0.6) is 5.75 Å². The lowest BCUT2D eigenvalue weighted by Crippen LogP contribution is -2.27. The van der Waals surface area contributed by atoms with Crippen molar-refractivity contribution in [1.82, 2.24) is 4.90 Å². The average molecular weight is 446 g/mol. The minimum absolute atomic E-state index is 0.157. The molecular weight excluding hydrogens is 426 g/mol. The molecule has 0 radical (unpaired) electrons. The molecule has 0 spiro atoms. The molecule has 0 unspecified atom stereocenters. The van der Waals surface area contributed by atoms with E-state index >= 15 is 0 Å². The Labute approximate surface area is 171 Å². The van der Waals surface area contributed by atoms with E-state index < -0.39 is 0 Å². The summed E-state index contributed by atoms with van der Waals surface area (Å²) in [5.41, 5.74) is 1.76. The maximum atomic E-state index is 12.7. The van der Waals surface area contributed by atoms with Crippen LogP contribution in [0.4, 0.5) is 4.79 Å². The minimum Gasteiger partial charge on any atom is -0.491 e. The summed E-state index contributed by atoms with van der Waals surface area (Å²) in [6, 6.07) is 15.1. The Morgan fingerprint density at radius 3 is 2.52 bits per heavy atom. The molecule has 2 amide bonds. The van der Waals surface area contributed by atoms with E-state index in [-0.39, 0.29) is 23.8 Å². The van der Waals surface area contributed by atoms with Gasteiger partial charge in [0, 0.05) is 4.47 Å². The summed E-state index contributed by atoms with van der Waals surface area (Å²) in [7, 11) is 0. The van der Waals surface area contributed by atoms with Gasteiger partial charge >= 0.3 is 0 Å². The Morgan fingerprint density at radius 2 is 1.85 bits per heavy atom. The number of hydrogen-bond acceptors (Lipinski definition) is 4. The molecular formula is C21H20BrNO3S. The molecule has 4 nitrogen and oxygen atoms in total. The Balaban J connectivity index is 1.73. The molecule has 1 aliphatic heterocycles. The molecule has 2 aromatic rings. The van der Waals surface area contributed by atoms with Crippen molar-refractivity contribution >= 4 is 44.9 Å². The SMILES string of the molecule is CC[C@H](C)Oc1ccc(/C=C2\SC(=O)N(Cc3ccccc3Br)C2=O)cc1. The standard InChI is InChI=1S/C21H20BrNO3S/c1-3-14(2)26-17-10-8-15(9-11-17)12-19-20(24)23(21(25)27-19)13-16-6-4-5-7-18(16)22/h4-12,14H,3,13H2,1-2H3/b19-12-/t14-/m0/s1. The van der Waals surface area contributed by atoms with E-state index in [0.29, 0.717) is 4.91 Å². The lowest BCUT2D eigenvalue weighted by atomic mass is 10.2. The molecule has 1 aliphatic rings. The monoisotopic (exact) mass is 445 g/mol. The van der Waals surface area contributed by atoms with Crippen LogP contribution in [0.15, 0.2) is 57.9 Å². The Kier molecular flexibility index (Phi) is 6.39. The van der Waals surface area contributed by atoms with Gasteiger partial charge in [-0.05, 0) is 60.5 Å². The zero-order valence-corrected chi connectivity index (χ0v) is 17.5. The van der Waals surface area contributed by atoms with Crippen molar-refractivity contribution in [3.63, 3.8) is 0 Å². The molecule has 3 rings (SSSR count). The van der Waals surface area contributed by atoms with E-state index in [1.54, 1.807) is 6.08 Å². The second-order valence-electron chi connectivity index (χ2n) is 6.27. The first-order valence-electron chi connectivity index (χ1n) is 8.73. The van der Waals surface area contributed by atoms with Crippen LogP contribution in [0.1, 0.15) is 31.4 Å². The number of imide groups is 1. The highest BCUT2D eigenvalue weighted by Crippen LogP contribution is 2.34. The third-order valence-electron chi connectivity index (χ3n) is 4.25. The van der Waals surface area contributed by atoms with E-state index in [2.05, 4.69) is 22.9 Å². The highest BCUT2D eigenvalue weighted by Gasteiger charge is 2.35. The maximum Gasteiger partial charge on any atom is 0.293 e. The summed E-state index contributed by atoms with van der Waals surface area (Å²) < 4.78 is 6.64. The Morgan fingerprint density at radius 1 is 1.15 bits per heavy atom. The molecule has 0 aliphatic carbocycles. The predicted molar refractivity (Wildman–Crippen MR) is 112 cm³/mol. The first-order valence-corrected chi connectivity index (χ1v) is 10.3. The molecule has 1 fully saturated rings. The van der Waals surface area contributed by atoms with Crippen molar-refractivity contribution in [3.8, 4) is 5.75 Å². The number of hydrogen-bond donors (Lipinski definition) is 0. The van der Waals surface area contributed by atoms with Gasteiger partial charge in [0.2, 0.25) is 0 Å². The van der Waals surface area contributed by atoms with Crippen molar-refractivity contribution in [3.05, 3.63) is 69.0 Å². The number of carbonyl (C=O) groups excluding carboxylic acids is 2. The third-order valence-corrected chi connectivity index (χ3v) is 5.93. The van der Waals surface area contributed by atoms with E-state index in [9.17, 15) is 9.59 Å². The number of ether oxygens (including phenoxy) is 1. The van der Waals surface area contributed by atoms with E-state index in [0.717, 1.165) is 39.5 Å². The number of halogens is 1. The van der Waals surface area contributed by atoms with Gasteiger partial charge in [-0.2, -0.15) is 0 Å². The lowest BCUT2D eigenvalue weighted by molar-refractivity contribution is -0.123. The van der Waals surface area contributed by atoms with Gasteiger partial charge in [0.05, 0.1) is 17.6 Å². The summed E-state index contributed by atoms with van der Waals surface area (Å²) in [4.78, 5) is 26.7. The molecule has 1 heterocycles. The van der Waals surface area contributed by atoms with Crippen molar-refractivity contribution < 1.29 is 14.3 Å². The van der Waals surface area contributed by atoms with Gasteiger partial charge in [0.1, 0.15) is 5.75 Å². The molecule has 0 saturated carbocycles. The van der Waals surface area contributed by atoms with Crippen LogP contribution < -0.4 is 4.74 Å². The van der Waals surface area contributed by atoms with Crippen molar-refractivity contribution in [2.45, 2.75) is 32.9 Å². The number of rotatable bonds is 6. The van der Waals surface area contributed by atoms with Crippen molar-refractivity contribution in [2.24, 2.45) is 0 Å². The van der Waals surface area contributed by atoms with Crippen LogP contribution in [-0.4, -0.2) is 22.2 Å². The van der Waals surface area contributed by atoms with Crippen LogP contribution in [0, 0.1) is 0 Å². The normalized spacial score (nSPS) is 16.9. The van der Waals surface area contributed by atoms with Gasteiger partial charge in [0.25, 0.3) is 11.1 Å². The third kappa shape index (κ3) is 4.82. The maximum absolute atomic E-state index is 12.7. The molecule has 2 aromatic carbocycles. The number of thioether (sulfide) groups is 1. The fourth-order valence-corrected chi connectivity index (χ4v) is 3.79. The quantitative estimate of drug-likeness (QED) is 0.522. The largest absolute Gasteiger partial charge is 0.491 e. The number of amides is 2. The first-order chi connectivity index (χ1) is 13.0. The molecule has 6 heteroatoms. The molecule has 1 saturated heterocycles. The molecule has 1 atom stereocenters. The van der Waals surface area contributed by atoms with Crippen LogP contribution in [-0.2, 0) is 11.3 Å². The lowest BCUT2D eigenvalue weighted by Gasteiger charge is -2.13. The fraction of sp³-hybridized carbons (Fsp3) is 0.238. The molecule has 140 valence electrons. The minimum atomic E-state index is -0.263. The predicted octanol–water partition coefficient (Wildman–Crippen LogP) is 5.86. The molecule has 27 heavy (non-hydrogen) atoms. The fourth-order valence-electron chi connectivity index (χ4n) is 2.54. The Bertz CT molecular complexity index is 879. The van der Waals surface area contributed by atoms with Crippen LogP contribution in [0.25, 0.3) is 6.08 Å². The summed E-state index contributed by atoms with van der Waals surface area (Å²) in [6.45, 7) is 4.35. The van der Waals surface area contributed by atoms with Gasteiger partial charge in [0.15, 0.2) is 0 Å². The van der Waals surface area contributed by atoms with E-state index in [1.165, 1.54) is 4.90 Å². The number of carbonyl (C=O) groups is 2. The highest BCUT2D eigenvalue weighted by molar-refractivity contribution is 9.10. The Hall–Kier alpha value is -2.05. The van der Waals surface area contributed by atoms with Crippen molar-refractivity contribution in [2.75, 3.05) is 0 Å². The number of nitrogens with zero attached hydrogens (tertiary/aromatic N) is 1. The van der Waals surface area contributed by atoms with Gasteiger partial charge < -0.3 is 4.74 Å². The van der Waals surface area contributed by atoms with Gasteiger partial charge in [-0.3, -0.25) is 14.5 Å². The van der Waals surface area contributed by atoms with E-state index in [1.807, 2.05) is 55.5 Å². The smallest absolute Gasteiger partial charge is 0.293 e. The highest BCUT2D eigenvalue weighted by atomic mass is 79.9. The molecule has 0 N–H and O–H groups in total. The van der Waals surface area contributed by atoms with Gasteiger partial charge in [-0.25, -0.2) is 0 Å². The van der Waals surface area contributed by atoms with Crippen LogP contribution >= 0.6 is 27.7 Å². The second-order valence-corrected chi connectivity index (χ2v) is 8.11. The summed E-state index contributed by atoms with van der Waals surface area (Å²) in [5, 5.41) is -0.251. The summed E-state index contributed by atoms with van der Waals surface area (Å²) in [5.74, 6) is 0.532. The summed E-state index contributed by atoms with van der Waals surface area (Å²) in [6.07, 6.45) is 2.84. The van der Waals surface area contributed by atoms with Crippen LogP contribution in [0.2, 0.25) is 0 Å². The van der Waals surface area contributed by atoms with E-state index in [4.69, 9.17) is 4.74 Å². The zero-order valence-electron chi connectivity index (χ0n) is 15.1. The molecule has 0 aromatic heterocycles. The van der Waals surface area contributed by atoms with Gasteiger partial charge in [-0.1, -0.05) is 53.2 Å². The van der Waals surface area contributed by atoms with Crippen molar-refractivity contribution in [1.29, 1.82) is 0 Å². The van der Waals surface area contributed by atoms with Crippen LogP contribution in [0.3, 0.4) is 0 Å².